The maximum atomic E-state index is 13.9. The van der Waals surface area contributed by atoms with Crippen LogP contribution >= 0.6 is 11.6 Å². The minimum absolute atomic E-state index is 0.0390. The molecule has 3 aromatic rings. The molecule has 2 aliphatic rings. The summed E-state index contributed by atoms with van der Waals surface area (Å²) in [5.41, 5.74) is 1.31. The average Bonchev–Trinajstić information content (AvgIpc) is 3.55. The Morgan fingerprint density at radius 1 is 1.27 bits per heavy atom. The number of benzene rings is 1. The van der Waals surface area contributed by atoms with Crippen LogP contribution in [0.4, 0.5) is 18.9 Å². The molecule has 13 heteroatoms. The smallest absolute Gasteiger partial charge is 0.378 e. The van der Waals surface area contributed by atoms with Crippen LogP contribution in [0.1, 0.15) is 76.0 Å². The van der Waals surface area contributed by atoms with Gasteiger partial charge in [-0.15, -0.1) is 5.10 Å². The summed E-state index contributed by atoms with van der Waals surface area (Å²) in [4.78, 5) is 32.0. The standard InChI is InChI=1S/C31H36ClF3N6O3/c1-6-24-21(13-18-15-29(2,3)36-16-18)27(43)41-28(38-26(39-41)19-9-11-30(4,44-5)12-10-19)40(24)17-25(42)37-23-8-7-20(14-22(23)32)31(33,34)35/h7-9,13-14,36H,6,10-12,15-17H2,1-5H3,(H,37,42)/b18-13-. The van der Waals surface area contributed by atoms with E-state index in [1.54, 1.807) is 11.7 Å². The van der Waals surface area contributed by atoms with Gasteiger partial charge in [0, 0.05) is 24.9 Å². The number of hydrogen-bond donors (Lipinski definition) is 2. The highest BCUT2D eigenvalue weighted by molar-refractivity contribution is 6.33. The van der Waals surface area contributed by atoms with Crippen LogP contribution in [0.3, 0.4) is 0 Å². The number of halogens is 4. The van der Waals surface area contributed by atoms with E-state index in [4.69, 9.17) is 21.3 Å². The third-order valence-electron chi connectivity index (χ3n) is 8.39. The summed E-state index contributed by atoms with van der Waals surface area (Å²) in [5, 5.41) is 10.4. The Morgan fingerprint density at radius 2 is 2.02 bits per heavy atom. The zero-order valence-corrected chi connectivity index (χ0v) is 26.1. The maximum Gasteiger partial charge on any atom is 0.416 e. The van der Waals surface area contributed by atoms with Crippen LogP contribution in [-0.2, 0) is 28.7 Å². The molecule has 1 atom stereocenters. The van der Waals surface area contributed by atoms with E-state index < -0.39 is 17.6 Å². The molecule has 0 radical (unpaired) electrons. The van der Waals surface area contributed by atoms with Crippen molar-refractivity contribution in [3.8, 4) is 0 Å². The van der Waals surface area contributed by atoms with Gasteiger partial charge < -0.3 is 19.9 Å². The molecular weight excluding hydrogens is 597 g/mol. The van der Waals surface area contributed by atoms with Crippen molar-refractivity contribution in [2.45, 2.75) is 83.7 Å². The lowest BCUT2D eigenvalue weighted by Gasteiger charge is -2.30. The Morgan fingerprint density at radius 3 is 2.59 bits per heavy atom. The number of nitrogens with one attached hydrogen (secondary N) is 2. The van der Waals surface area contributed by atoms with Gasteiger partial charge in [0.05, 0.1) is 27.4 Å². The zero-order valence-electron chi connectivity index (χ0n) is 25.4. The van der Waals surface area contributed by atoms with Crippen molar-refractivity contribution in [1.82, 2.24) is 24.5 Å². The molecule has 2 N–H and O–H groups in total. The normalized spacial score (nSPS) is 21.2. The van der Waals surface area contributed by atoms with Crippen molar-refractivity contribution >= 4 is 40.6 Å². The fourth-order valence-corrected chi connectivity index (χ4v) is 5.98. The van der Waals surface area contributed by atoms with E-state index in [-0.39, 0.29) is 39.7 Å². The number of anilines is 1. The van der Waals surface area contributed by atoms with E-state index in [0.29, 0.717) is 42.9 Å². The second-order valence-corrected chi connectivity index (χ2v) is 12.7. The van der Waals surface area contributed by atoms with Gasteiger partial charge in [0.25, 0.3) is 5.56 Å². The number of alkyl halides is 3. The van der Waals surface area contributed by atoms with Crippen molar-refractivity contribution in [3.05, 3.63) is 67.9 Å². The highest BCUT2D eigenvalue weighted by Gasteiger charge is 2.32. The number of rotatable bonds is 7. The highest BCUT2D eigenvalue weighted by atomic mass is 35.5. The first-order valence-electron chi connectivity index (χ1n) is 14.5. The van der Waals surface area contributed by atoms with Crippen LogP contribution < -0.4 is 16.2 Å². The number of hydrogen-bond acceptors (Lipinski definition) is 6. The van der Waals surface area contributed by atoms with Gasteiger partial charge in [-0.3, -0.25) is 9.59 Å². The van der Waals surface area contributed by atoms with Crippen LogP contribution in [0.5, 0.6) is 0 Å². The maximum absolute atomic E-state index is 13.9. The van der Waals surface area contributed by atoms with Crippen molar-refractivity contribution < 1.29 is 22.7 Å². The van der Waals surface area contributed by atoms with Crippen LogP contribution in [0.15, 0.2) is 34.6 Å². The molecule has 1 saturated heterocycles. The number of carbonyl (C=O) groups excluding carboxylic acids is 1. The predicted molar refractivity (Wildman–Crippen MR) is 164 cm³/mol. The number of amides is 1. The van der Waals surface area contributed by atoms with Gasteiger partial charge in [0.15, 0.2) is 5.82 Å². The third-order valence-corrected chi connectivity index (χ3v) is 8.71. The number of methoxy groups -OCH3 is 1. The molecule has 0 bridgehead atoms. The van der Waals surface area contributed by atoms with Gasteiger partial charge in [0.1, 0.15) is 6.54 Å². The fourth-order valence-electron chi connectivity index (χ4n) is 5.76. The number of nitrogens with zero attached hydrogens (tertiary/aromatic N) is 4. The van der Waals surface area contributed by atoms with E-state index >= 15 is 0 Å². The van der Waals surface area contributed by atoms with E-state index in [0.717, 1.165) is 42.2 Å². The molecular formula is C31H36ClF3N6O3. The van der Waals surface area contributed by atoms with Crippen LogP contribution in [-0.4, -0.2) is 49.9 Å². The molecule has 1 amide bonds. The number of ether oxygens (including phenoxy) is 1. The second-order valence-electron chi connectivity index (χ2n) is 12.3. The van der Waals surface area contributed by atoms with Crippen molar-refractivity contribution in [2.24, 2.45) is 0 Å². The first kappa shape index (κ1) is 31.9. The molecule has 1 unspecified atom stereocenters. The van der Waals surface area contributed by atoms with Gasteiger partial charge in [0.2, 0.25) is 11.7 Å². The molecule has 1 aliphatic heterocycles. The molecule has 3 heterocycles. The molecule has 44 heavy (non-hydrogen) atoms. The summed E-state index contributed by atoms with van der Waals surface area (Å²) in [6.07, 6.45) is 2.55. The van der Waals surface area contributed by atoms with Gasteiger partial charge in [-0.1, -0.05) is 30.2 Å². The first-order valence-corrected chi connectivity index (χ1v) is 14.9. The number of carbonyl (C=O) groups is 1. The number of fused-ring (bicyclic) bond motifs is 1. The molecule has 1 fully saturated rings. The van der Waals surface area contributed by atoms with E-state index in [1.807, 2.05) is 26.0 Å². The van der Waals surface area contributed by atoms with Crippen molar-refractivity contribution in [3.63, 3.8) is 0 Å². The fraction of sp³-hybridized carbons (Fsp3) is 0.484. The van der Waals surface area contributed by atoms with Crippen LogP contribution in [0.25, 0.3) is 17.4 Å². The lowest BCUT2D eigenvalue weighted by molar-refractivity contribution is -0.137. The topological polar surface area (TPSA) is 103 Å². The minimum Gasteiger partial charge on any atom is -0.378 e. The largest absolute Gasteiger partial charge is 0.416 e. The second kappa shape index (κ2) is 11.8. The third kappa shape index (κ3) is 6.47. The van der Waals surface area contributed by atoms with E-state index in [2.05, 4.69) is 29.6 Å². The molecule has 5 rings (SSSR count). The van der Waals surface area contributed by atoms with Gasteiger partial charge >= 0.3 is 6.18 Å². The summed E-state index contributed by atoms with van der Waals surface area (Å²) in [6, 6.07) is 2.74. The zero-order chi connectivity index (χ0) is 32.0. The lowest BCUT2D eigenvalue weighted by Crippen LogP contribution is -2.31. The summed E-state index contributed by atoms with van der Waals surface area (Å²) in [6.45, 7) is 8.44. The average molecular weight is 633 g/mol. The Bertz CT molecular complexity index is 1740. The molecule has 1 aromatic carbocycles. The van der Waals surface area contributed by atoms with Gasteiger partial charge in [-0.2, -0.15) is 22.7 Å². The highest BCUT2D eigenvalue weighted by Crippen LogP contribution is 2.35. The van der Waals surface area contributed by atoms with E-state index in [9.17, 15) is 22.8 Å². The first-order chi connectivity index (χ1) is 20.6. The van der Waals surface area contributed by atoms with Crippen LogP contribution in [0.2, 0.25) is 5.02 Å². The summed E-state index contributed by atoms with van der Waals surface area (Å²) >= 11 is 6.10. The summed E-state index contributed by atoms with van der Waals surface area (Å²) < 4.78 is 47.9. The number of aromatic nitrogens is 4. The molecule has 2 aromatic heterocycles. The lowest BCUT2D eigenvalue weighted by atomic mass is 9.86. The molecule has 0 saturated carbocycles. The molecule has 9 nitrogen and oxygen atoms in total. The molecule has 0 spiro atoms. The van der Waals surface area contributed by atoms with Gasteiger partial charge in [-0.25, -0.2) is 0 Å². The summed E-state index contributed by atoms with van der Waals surface area (Å²) in [7, 11) is 1.68. The Labute approximate surface area is 258 Å². The SMILES string of the molecule is CCc1c(/C=C2\CNC(C)(C)C2)c(=O)n2nc(C3=CCC(C)(OC)CC3)nc2n1CC(=O)Nc1ccc(C(F)(F)F)cc1Cl. The quantitative estimate of drug-likeness (QED) is 0.337. The Balaban J connectivity index is 1.58. The van der Waals surface area contributed by atoms with Crippen molar-refractivity contribution in [1.29, 1.82) is 0 Å². The van der Waals surface area contributed by atoms with Gasteiger partial charge in [-0.05, 0) is 82.7 Å². The van der Waals surface area contributed by atoms with Crippen LogP contribution in [0, 0.1) is 0 Å². The Hall–Kier alpha value is -3.48. The summed E-state index contributed by atoms with van der Waals surface area (Å²) in [5.74, 6) is 0.0470. The minimum atomic E-state index is -4.57. The predicted octanol–water partition coefficient (Wildman–Crippen LogP) is 5.89. The molecule has 236 valence electrons. The monoisotopic (exact) mass is 632 g/mol. The van der Waals surface area contributed by atoms with Crippen molar-refractivity contribution in [2.75, 3.05) is 19.0 Å². The molecule has 1 aliphatic carbocycles. The Kier molecular flexibility index (Phi) is 8.56. The van der Waals surface area contributed by atoms with E-state index in [1.165, 1.54) is 4.52 Å². The number of allylic oxidation sites excluding steroid dienone is 1.